The van der Waals surface area contributed by atoms with Crippen LogP contribution in [0.15, 0.2) is 168 Å². The highest BCUT2D eigenvalue weighted by molar-refractivity contribution is 6.15. The third kappa shape index (κ3) is 6.01. The van der Waals surface area contributed by atoms with Crippen molar-refractivity contribution in [3.8, 4) is 56.4 Å². The second-order valence-electron chi connectivity index (χ2n) is 17.5. The summed E-state index contributed by atoms with van der Waals surface area (Å²) in [5, 5.41) is 6.64. The maximum atomic E-state index is 6.83. The number of para-hydroxylation sites is 1. The molecule has 0 unspecified atom stereocenters. The zero-order valence-corrected chi connectivity index (χ0v) is 33.8. The molecule has 2 aromatic heterocycles. The summed E-state index contributed by atoms with van der Waals surface area (Å²) in [6, 6.07) is 58.2. The van der Waals surface area contributed by atoms with Gasteiger partial charge in [0.15, 0.2) is 17.5 Å². The van der Waals surface area contributed by atoms with Gasteiger partial charge in [-0.2, -0.15) is 0 Å². The Morgan fingerprint density at radius 2 is 0.966 bits per heavy atom. The zero-order chi connectivity index (χ0) is 39.9. The van der Waals surface area contributed by atoms with Crippen molar-refractivity contribution in [2.24, 2.45) is 0 Å². The molecule has 0 saturated carbocycles. The fourth-order valence-corrected chi connectivity index (χ4v) is 9.30. The molecule has 0 N–H and O–H groups in total. The summed E-state index contributed by atoms with van der Waals surface area (Å²) in [6.07, 6.45) is 2.35. The van der Waals surface area contributed by atoms with Crippen LogP contribution < -0.4 is 0 Å². The van der Waals surface area contributed by atoms with E-state index < -0.39 is 0 Å². The number of furan rings is 1. The first-order chi connectivity index (χ1) is 28.7. The summed E-state index contributed by atoms with van der Waals surface area (Å²) in [6.45, 7) is 9.52. The van der Waals surface area contributed by atoms with Crippen LogP contribution in [0.3, 0.4) is 0 Å². The van der Waals surface area contributed by atoms with E-state index in [0.29, 0.717) is 17.5 Å². The Kier molecular flexibility index (Phi) is 7.96. The van der Waals surface area contributed by atoms with E-state index in [4.69, 9.17) is 19.4 Å². The van der Waals surface area contributed by atoms with Crippen LogP contribution in [0.2, 0.25) is 0 Å². The molecule has 8 aromatic carbocycles. The highest BCUT2D eigenvalue weighted by Crippen LogP contribution is 2.48. The van der Waals surface area contributed by atoms with Gasteiger partial charge in [0.05, 0.1) is 0 Å². The average molecular weight is 762 g/mol. The van der Waals surface area contributed by atoms with Crippen molar-refractivity contribution in [2.45, 2.75) is 51.4 Å². The van der Waals surface area contributed by atoms with Gasteiger partial charge in [0, 0.05) is 33.0 Å². The van der Waals surface area contributed by atoms with Gasteiger partial charge in [-0.1, -0.05) is 167 Å². The lowest BCUT2D eigenvalue weighted by Crippen LogP contribution is -2.33. The van der Waals surface area contributed by atoms with Crippen LogP contribution in [0.25, 0.3) is 99.9 Å². The zero-order valence-electron chi connectivity index (χ0n) is 33.8. The summed E-state index contributed by atoms with van der Waals surface area (Å²) >= 11 is 0. The second-order valence-corrected chi connectivity index (χ2v) is 17.5. The topological polar surface area (TPSA) is 51.8 Å². The van der Waals surface area contributed by atoms with Crippen molar-refractivity contribution in [3.05, 3.63) is 175 Å². The Morgan fingerprint density at radius 3 is 1.71 bits per heavy atom. The van der Waals surface area contributed by atoms with Crippen LogP contribution in [0.1, 0.15) is 51.7 Å². The molecule has 1 aliphatic carbocycles. The minimum atomic E-state index is 0.102. The SMILES string of the molecule is CC1(C)CCC(C)(C)c2cc(-c3cccc4c3oc3cccc(-c5nc(-c6ccc7ccccc7c6)nc(-c6ccc7cc(-c8ccccc8)ccc7c6)n5)c34)ccc21. The lowest BCUT2D eigenvalue weighted by atomic mass is 9.63. The third-order valence-electron chi connectivity index (χ3n) is 12.8. The minimum absolute atomic E-state index is 0.102. The summed E-state index contributed by atoms with van der Waals surface area (Å²) in [4.78, 5) is 15.7. The largest absolute Gasteiger partial charge is 0.455 e. The van der Waals surface area contributed by atoms with E-state index in [1.165, 1.54) is 39.6 Å². The molecule has 0 radical (unpaired) electrons. The van der Waals surface area contributed by atoms with Crippen LogP contribution in [0.5, 0.6) is 0 Å². The first-order valence-electron chi connectivity index (χ1n) is 20.6. The maximum absolute atomic E-state index is 6.83. The van der Waals surface area contributed by atoms with E-state index in [9.17, 15) is 0 Å². The maximum Gasteiger partial charge on any atom is 0.164 e. The van der Waals surface area contributed by atoms with E-state index in [-0.39, 0.29) is 10.8 Å². The van der Waals surface area contributed by atoms with E-state index >= 15 is 0 Å². The van der Waals surface area contributed by atoms with Crippen LogP contribution in [0.4, 0.5) is 0 Å². The Bertz CT molecular complexity index is 3280. The van der Waals surface area contributed by atoms with Crippen molar-refractivity contribution in [1.82, 2.24) is 15.0 Å². The summed E-state index contributed by atoms with van der Waals surface area (Å²) in [5.41, 5.74) is 12.2. The summed E-state index contributed by atoms with van der Waals surface area (Å²) in [5.74, 6) is 1.85. The van der Waals surface area contributed by atoms with E-state index in [0.717, 1.165) is 66.8 Å². The number of hydrogen-bond acceptors (Lipinski definition) is 4. The number of nitrogens with zero attached hydrogens (tertiary/aromatic N) is 3. The number of hydrogen-bond donors (Lipinski definition) is 0. The van der Waals surface area contributed by atoms with Crippen molar-refractivity contribution in [2.75, 3.05) is 0 Å². The molecule has 10 aromatic rings. The molecule has 59 heavy (non-hydrogen) atoms. The van der Waals surface area contributed by atoms with Crippen LogP contribution >= 0.6 is 0 Å². The lowest BCUT2D eigenvalue weighted by Gasteiger charge is -2.42. The number of benzene rings is 8. The summed E-state index contributed by atoms with van der Waals surface area (Å²) < 4.78 is 6.83. The summed E-state index contributed by atoms with van der Waals surface area (Å²) in [7, 11) is 0. The fraction of sp³-hybridized carbons (Fsp3) is 0.145. The van der Waals surface area contributed by atoms with Gasteiger partial charge in [-0.25, -0.2) is 15.0 Å². The van der Waals surface area contributed by atoms with Crippen molar-refractivity contribution in [1.29, 1.82) is 0 Å². The van der Waals surface area contributed by atoms with Crippen LogP contribution in [-0.4, -0.2) is 15.0 Å². The number of aromatic nitrogens is 3. The van der Waals surface area contributed by atoms with Crippen molar-refractivity contribution < 1.29 is 4.42 Å². The first kappa shape index (κ1) is 35.3. The van der Waals surface area contributed by atoms with Crippen LogP contribution in [-0.2, 0) is 10.8 Å². The standard InChI is InChI=1S/C55H43N3O/c1-54(2)28-29-55(3,4)47-33-40(26-27-46(47)54)43-16-10-17-44-49-45(18-11-19-48(49)59-50(43)44)53-57-51(41-24-20-35-14-8-9-15-36(35)31-41)56-52(58-53)42-25-23-38-30-37(21-22-39(38)32-42)34-12-6-5-7-13-34/h5-27,30-33H,28-29H2,1-4H3. The van der Waals surface area contributed by atoms with Gasteiger partial charge in [0.1, 0.15) is 11.2 Å². The van der Waals surface area contributed by atoms with Gasteiger partial charge in [-0.3, -0.25) is 0 Å². The second kappa shape index (κ2) is 13.3. The molecule has 0 bridgehead atoms. The minimum Gasteiger partial charge on any atom is -0.455 e. The monoisotopic (exact) mass is 761 g/mol. The van der Waals surface area contributed by atoms with Gasteiger partial charge < -0.3 is 4.42 Å². The molecular weight excluding hydrogens is 719 g/mol. The molecule has 0 fully saturated rings. The molecule has 4 heteroatoms. The van der Waals surface area contributed by atoms with Crippen molar-refractivity contribution in [3.63, 3.8) is 0 Å². The fourth-order valence-electron chi connectivity index (χ4n) is 9.30. The highest BCUT2D eigenvalue weighted by Gasteiger charge is 2.37. The Labute approximate surface area is 344 Å². The molecule has 11 rings (SSSR count). The highest BCUT2D eigenvalue weighted by atomic mass is 16.3. The molecule has 1 aliphatic rings. The first-order valence-corrected chi connectivity index (χ1v) is 20.6. The molecule has 0 amide bonds. The molecule has 0 saturated heterocycles. The molecule has 0 atom stereocenters. The van der Waals surface area contributed by atoms with E-state index in [1.54, 1.807) is 0 Å². The average Bonchev–Trinajstić information content (AvgIpc) is 3.67. The Hall–Kier alpha value is -6.91. The molecule has 0 aliphatic heterocycles. The van der Waals surface area contributed by atoms with Crippen LogP contribution in [0, 0.1) is 0 Å². The molecule has 2 heterocycles. The Balaban J connectivity index is 1.08. The molecule has 4 nitrogen and oxygen atoms in total. The van der Waals surface area contributed by atoms with E-state index in [1.807, 2.05) is 6.07 Å². The van der Waals surface area contributed by atoms with Gasteiger partial charge in [-0.05, 0) is 97.3 Å². The quantitative estimate of drug-likeness (QED) is 0.175. The molecule has 0 spiro atoms. The smallest absolute Gasteiger partial charge is 0.164 e. The third-order valence-corrected chi connectivity index (χ3v) is 12.8. The van der Waals surface area contributed by atoms with Gasteiger partial charge in [-0.15, -0.1) is 0 Å². The molecule has 284 valence electrons. The van der Waals surface area contributed by atoms with Gasteiger partial charge >= 0.3 is 0 Å². The Morgan fingerprint density at radius 1 is 0.407 bits per heavy atom. The predicted molar refractivity (Wildman–Crippen MR) is 245 cm³/mol. The number of rotatable bonds is 5. The normalized spacial score (nSPS) is 14.6. The van der Waals surface area contributed by atoms with E-state index in [2.05, 4.69) is 185 Å². The lowest BCUT2D eigenvalue weighted by molar-refractivity contribution is 0.332. The van der Waals surface area contributed by atoms with Gasteiger partial charge in [0.2, 0.25) is 0 Å². The molecular formula is C55H43N3O. The van der Waals surface area contributed by atoms with Crippen molar-refractivity contribution >= 4 is 43.5 Å². The predicted octanol–water partition coefficient (Wildman–Crippen LogP) is 14.8. The van der Waals surface area contributed by atoms with Gasteiger partial charge in [0.25, 0.3) is 0 Å². The number of fused-ring (bicyclic) bond motifs is 6.